The molecule has 0 radical (unpaired) electrons. The van der Waals surface area contributed by atoms with Crippen molar-refractivity contribution in [1.29, 1.82) is 0 Å². The molecular formula is C25H32N6O3. The zero-order valence-corrected chi connectivity index (χ0v) is 21.3. The van der Waals surface area contributed by atoms with Gasteiger partial charge in [0, 0.05) is 33.4 Å². The van der Waals surface area contributed by atoms with Gasteiger partial charge in [0.05, 0.1) is 0 Å². The lowest BCUT2D eigenvalue weighted by Gasteiger charge is -2.11. The van der Waals surface area contributed by atoms with E-state index in [0.717, 1.165) is 0 Å². The molecule has 0 bridgehead atoms. The molecule has 0 fully saturated rings. The minimum Gasteiger partial charge on any atom is -0.420 e. The van der Waals surface area contributed by atoms with Crippen LogP contribution in [0.4, 0.5) is 0 Å². The van der Waals surface area contributed by atoms with E-state index in [-0.39, 0.29) is 16.7 Å². The predicted octanol–water partition coefficient (Wildman–Crippen LogP) is 6.19. The number of benzene rings is 1. The van der Waals surface area contributed by atoms with Gasteiger partial charge in [0.15, 0.2) is 0 Å². The van der Waals surface area contributed by atoms with Crippen molar-refractivity contribution in [3.63, 3.8) is 0 Å². The third kappa shape index (κ3) is 4.78. The molecule has 0 amide bonds. The average molecular weight is 465 g/mol. The van der Waals surface area contributed by atoms with Crippen molar-refractivity contribution in [3.8, 4) is 34.4 Å². The van der Waals surface area contributed by atoms with E-state index in [1.807, 2.05) is 59.7 Å². The summed E-state index contributed by atoms with van der Waals surface area (Å²) in [6, 6.07) is 5.67. The molecular weight excluding hydrogens is 432 g/mol. The lowest BCUT2D eigenvalue weighted by molar-refractivity contribution is 0.398. The molecule has 3 heterocycles. The maximum atomic E-state index is 6.04. The van der Waals surface area contributed by atoms with Crippen LogP contribution in [0.1, 0.15) is 85.9 Å². The van der Waals surface area contributed by atoms with Crippen molar-refractivity contribution in [1.82, 2.24) is 30.6 Å². The van der Waals surface area contributed by atoms with Crippen LogP contribution in [0.3, 0.4) is 0 Å². The number of nitrogens with zero attached hydrogens (tertiary/aromatic N) is 6. The highest BCUT2D eigenvalue weighted by atomic mass is 16.4. The maximum Gasteiger partial charge on any atom is 0.247 e. The molecule has 1 atom stereocenters. The summed E-state index contributed by atoms with van der Waals surface area (Å²) in [5, 5.41) is 25.6. The second-order valence-electron chi connectivity index (χ2n) is 11.1. The summed E-state index contributed by atoms with van der Waals surface area (Å²) >= 11 is 0. The van der Waals surface area contributed by atoms with E-state index < -0.39 is 0 Å². The molecule has 4 rings (SSSR count). The Hall–Kier alpha value is -3.36. The molecule has 0 saturated heterocycles. The van der Waals surface area contributed by atoms with Crippen LogP contribution in [0.2, 0.25) is 0 Å². The first-order valence-electron chi connectivity index (χ1n) is 11.5. The Balaban J connectivity index is 1.83. The van der Waals surface area contributed by atoms with Gasteiger partial charge in [0.25, 0.3) is 0 Å². The molecule has 0 spiro atoms. The molecule has 0 aliphatic rings. The highest BCUT2D eigenvalue weighted by Gasteiger charge is 2.25. The normalized spacial score (nSPS) is 13.6. The minimum atomic E-state index is -0.270. The van der Waals surface area contributed by atoms with Crippen LogP contribution in [0.25, 0.3) is 34.4 Å². The van der Waals surface area contributed by atoms with Gasteiger partial charge in [0.1, 0.15) is 0 Å². The van der Waals surface area contributed by atoms with Crippen molar-refractivity contribution in [2.75, 3.05) is 0 Å². The van der Waals surface area contributed by atoms with Crippen LogP contribution in [0, 0.1) is 5.92 Å². The smallest absolute Gasteiger partial charge is 0.247 e. The van der Waals surface area contributed by atoms with Gasteiger partial charge >= 0.3 is 0 Å². The second-order valence-corrected chi connectivity index (χ2v) is 11.1. The lowest BCUT2D eigenvalue weighted by Crippen LogP contribution is -2.11. The van der Waals surface area contributed by atoms with Crippen molar-refractivity contribution in [3.05, 3.63) is 35.9 Å². The Morgan fingerprint density at radius 2 is 0.941 bits per heavy atom. The fraction of sp³-hybridized carbons (Fsp3) is 0.520. The van der Waals surface area contributed by atoms with E-state index in [2.05, 4.69) is 51.4 Å². The monoisotopic (exact) mass is 464 g/mol. The van der Waals surface area contributed by atoms with Crippen LogP contribution >= 0.6 is 0 Å². The van der Waals surface area contributed by atoms with Gasteiger partial charge in [-0.1, -0.05) is 62.3 Å². The van der Waals surface area contributed by atoms with Crippen LogP contribution in [0.5, 0.6) is 0 Å². The molecule has 0 aliphatic carbocycles. The second kappa shape index (κ2) is 8.45. The van der Waals surface area contributed by atoms with Crippen LogP contribution < -0.4 is 0 Å². The molecule has 3 aromatic heterocycles. The van der Waals surface area contributed by atoms with Crippen molar-refractivity contribution in [2.24, 2.45) is 5.92 Å². The quantitative estimate of drug-likeness (QED) is 0.340. The molecule has 1 aromatic carbocycles. The molecule has 9 nitrogen and oxygen atoms in total. The third-order valence-electron chi connectivity index (χ3n) is 5.64. The van der Waals surface area contributed by atoms with Crippen molar-refractivity contribution < 1.29 is 13.3 Å². The maximum absolute atomic E-state index is 6.04. The Kier molecular flexibility index (Phi) is 5.91. The summed E-state index contributed by atoms with van der Waals surface area (Å²) in [4.78, 5) is 0. The van der Waals surface area contributed by atoms with Gasteiger partial charge in [-0.2, -0.15) is 0 Å². The molecule has 34 heavy (non-hydrogen) atoms. The molecule has 180 valence electrons. The first kappa shape index (κ1) is 23.8. The summed E-state index contributed by atoms with van der Waals surface area (Å²) in [5.41, 5.74) is 1.56. The van der Waals surface area contributed by atoms with E-state index in [4.69, 9.17) is 13.3 Å². The zero-order chi connectivity index (χ0) is 24.8. The SMILES string of the molecule is CC(C)C(C)c1nnc(-c2cc(-c3nnc(C(C)(C)C)o3)cc(-c3nnc(C(C)(C)C)o3)c2)o1. The van der Waals surface area contributed by atoms with E-state index in [1.165, 1.54) is 0 Å². The Bertz CT molecular complexity index is 1220. The highest BCUT2D eigenvalue weighted by molar-refractivity contribution is 5.73. The molecule has 0 saturated carbocycles. The Morgan fingerprint density at radius 1 is 0.559 bits per heavy atom. The van der Waals surface area contributed by atoms with Gasteiger partial charge < -0.3 is 13.3 Å². The van der Waals surface area contributed by atoms with Gasteiger partial charge in [-0.15, -0.1) is 30.6 Å². The number of hydrogen-bond donors (Lipinski definition) is 0. The topological polar surface area (TPSA) is 117 Å². The van der Waals surface area contributed by atoms with Crippen molar-refractivity contribution in [2.45, 2.75) is 79.1 Å². The van der Waals surface area contributed by atoms with E-state index in [9.17, 15) is 0 Å². The molecule has 4 aromatic rings. The van der Waals surface area contributed by atoms with Gasteiger partial charge in [-0.25, -0.2) is 0 Å². The minimum absolute atomic E-state index is 0.138. The fourth-order valence-corrected chi connectivity index (χ4v) is 3.10. The lowest BCUT2D eigenvalue weighted by atomic mass is 9.97. The van der Waals surface area contributed by atoms with Crippen molar-refractivity contribution >= 4 is 0 Å². The molecule has 0 N–H and O–H groups in total. The number of aromatic nitrogens is 6. The van der Waals surface area contributed by atoms with E-state index in [1.54, 1.807) is 0 Å². The summed E-state index contributed by atoms with van der Waals surface area (Å²) < 4.78 is 18.0. The highest BCUT2D eigenvalue weighted by Crippen LogP contribution is 2.35. The largest absolute Gasteiger partial charge is 0.420 e. The van der Waals surface area contributed by atoms with Crippen LogP contribution in [0.15, 0.2) is 31.5 Å². The summed E-state index contributed by atoms with van der Waals surface area (Å²) in [6.45, 7) is 18.5. The van der Waals surface area contributed by atoms with Gasteiger partial charge in [0.2, 0.25) is 35.3 Å². The first-order chi connectivity index (χ1) is 15.8. The molecule has 1 unspecified atom stereocenters. The van der Waals surface area contributed by atoms with Crippen LogP contribution in [-0.2, 0) is 10.8 Å². The average Bonchev–Trinajstić information content (AvgIpc) is 3.52. The summed E-state index contributed by atoms with van der Waals surface area (Å²) in [7, 11) is 0. The summed E-state index contributed by atoms with van der Waals surface area (Å²) in [5.74, 6) is 3.38. The van der Waals surface area contributed by atoms with E-state index in [0.29, 0.717) is 58.0 Å². The zero-order valence-electron chi connectivity index (χ0n) is 21.3. The Labute approximate surface area is 199 Å². The molecule has 9 heteroatoms. The fourth-order valence-electron chi connectivity index (χ4n) is 3.10. The van der Waals surface area contributed by atoms with Crippen LogP contribution in [-0.4, -0.2) is 30.6 Å². The number of hydrogen-bond acceptors (Lipinski definition) is 9. The van der Waals surface area contributed by atoms with E-state index >= 15 is 0 Å². The third-order valence-corrected chi connectivity index (χ3v) is 5.64. The predicted molar refractivity (Wildman–Crippen MR) is 127 cm³/mol. The standard InChI is InChI=1S/C25H32N6O3/c1-13(2)14(3)18-26-27-19(32-18)15-10-16(20-28-30-22(33-20)24(4,5)6)12-17(11-15)21-29-31-23(34-21)25(7,8)9/h10-14H,1-9H3. The molecule has 0 aliphatic heterocycles. The van der Waals surface area contributed by atoms with Gasteiger partial charge in [-0.05, 0) is 24.1 Å². The Morgan fingerprint density at radius 3 is 1.29 bits per heavy atom. The summed E-state index contributed by atoms with van der Waals surface area (Å²) in [6.07, 6.45) is 0. The number of rotatable bonds is 5. The first-order valence-corrected chi connectivity index (χ1v) is 11.5. The van der Waals surface area contributed by atoms with Gasteiger partial charge in [-0.3, -0.25) is 0 Å².